The van der Waals surface area contributed by atoms with Crippen LogP contribution in [-0.4, -0.2) is 37.4 Å². The Morgan fingerprint density at radius 1 is 1.35 bits per heavy atom. The van der Waals surface area contributed by atoms with E-state index in [2.05, 4.69) is 0 Å². The summed E-state index contributed by atoms with van der Waals surface area (Å²) in [6, 6.07) is 3.70. The third-order valence-electron chi connectivity index (χ3n) is 2.95. The molecule has 7 heteroatoms. The summed E-state index contributed by atoms with van der Waals surface area (Å²) in [5.74, 6) is -1.25. The van der Waals surface area contributed by atoms with Crippen molar-refractivity contribution < 1.29 is 18.3 Å². The fourth-order valence-corrected chi connectivity index (χ4v) is 3.15. The number of halogens is 1. The standard InChI is InChI=1S/C13H18ClNO4S/c1-3-4-5-8-15(2)20(18,19)10-6-7-12(14)11(9-10)13(16)17/h6-7,9H,3-5,8H2,1-2H3,(H,16,17). The molecule has 0 aromatic heterocycles. The second-order valence-electron chi connectivity index (χ2n) is 4.48. The van der Waals surface area contributed by atoms with Crippen molar-refractivity contribution in [2.24, 2.45) is 0 Å². The number of unbranched alkanes of at least 4 members (excludes halogenated alkanes) is 2. The van der Waals surface area contributed by atoms with Gasteiger partial charge in [-0.05, 0) is 24.6 Å². The van der Waals surface area contributed by atoms with E-state index in [0.29, 0.717) is 6.54 Å². The van der Waals surface area contributed by atoms with Gasteiger partial charge in [-0.2, -0.15) is 0 Å². The molecule has 0 aliphatic rings. The number of hydrogen-bond donors (Lipinski definition) is 1. The van der Waals surface area contributed by atoms with Gasteiger partial charge in [0.1, 0.15) is 0 Å². The predicted molar refractivity (Wildman–Crippen MR) is 77.8 cm³/mol. The average Bonchev–Trinajstić information content (AvgIpc) is 2.38. The SMILES string of the molecule is CCCCCN(C)S(=O)(=O)c1ccc(Cl)c(C(=O)O)c1. The molecule has 0 amide bonds. The quantitative estimate of drug-likeness (QED) is 0.784. The minimum absolute atomic E-state index is 0.0186. The Kier molecular flexibility index (Phi) is 5.98. The van der Waals surface area contributed by atoms with Crippen LogP contribution in [-0.2, 0) is 10.0 Å². The van der Waals surface area contributed by atoms with E-state index in [4.69, 9.17) is 16.7 Å². The van der Waals surface area contributed by atoms with Crippen LogP contribution in [0.1, 0.15) is 36.5 Å². The largest absolute Gasteiger partial charge is 0.478 e. The fourth-order valence-electron chi connectivity index (χ4n) is 1.71. The second kappa shape index (κ2) is 7.06. The monoisotopic (exact) mass is 319 g/mol. The highest BCUT2D eigenvalue weighted by molar-refractivity contribution is 7.89. The van der Waals surface area contributed by atoms with Crippen LogP contribution in [0, 0.1) is 0 Å². The molecular formula is C13H18ClNO4S. The molecule has 0 fully saturated rings. The third kappa shape index (κ3) is 3.94. The molecule has 0 atom stereocenters. The third-order valence-corrected chi connectivity index (χ3v) is 5.14. The van der Waals surface area contributed by atoms with Crippen molar-refractivity contribution in [3.8, 4) is 0 Å². The van der Waals surface area contributed by atoms with Crippen molar-refractivity contribution in [2.45, 2.75) is 31.1 Å². The van der Waals surface area contributed by atoms with Gasteiger partial charge in [0, 0.05) is 13.6 Å². The van der Waals surface area contributed by atoms with Crippen LogP contribution in [0.2, 0.25) is 5.02 Å². The minimum atomic E-state index is -3.68. The van der Waals surface area contributed by atoms with Crippen molar-refractivity contribution in [2.75, 3.05) is 13.6 Å². The molecule has 0 radical (unpaired) electrons. The molecule has 1 aromatic carbocycles. The zero-order valence-corrected chi connectivity index (χ0v) is 13.0. The predicted octanol–water partition coefficient (Wildman–Crippen LogP) is 2.85. The number of carboxylic acid groups (broad SMARTS) is 1. The van der Waals surface area contributed by atoms with Crippen LogP contribution in [0.15, 0.2) is 23.1 Å². The molecule has 112 valence electrons. The highest BCUT2D eigenvalue weighted by Crippen LogP contribution is 2.22. The summed E-state index contributed by atoms with van der Waals surface area (Å²) >= 11 is 5.73. The first-order valence-corrected chi connectivity index (χ1v) is 8.11. The fraction of sp³-hybridized carbons (Fsp3) is 0.462. The van der Waals surface area contributed by atoms with Gasteiger partial charge < -0.3 is 5.11 Å². The average molecular weight is 320 g/mol. The van der Waals surface area contributed by atoms with Gasteiger partial charge in [0.25, 0.3) is 0 Å². The molecule has 0 saturated carbocycles. The Bertz CT molecular complexity index is 586. The summed E-state index contributed by atoms with van der Waals surface area (Å²) in [5.41, 5.74) is -0.213. The number of rotatable bonds is 7. The first-order valence-electron chi connectivity index (χ1n) is 6.30. The van der Waals surface area contributed by atoms with Gasteiger partial charge in [-0.3, -0.25) is 0 Å². The van der Waals surface area contributed by atoms with E-state index in [-0.39, 0.29) is 15.5 Å². The van der Waals surface area contributed by atoms with Gasteiger partial charge in [-0.1, -0.05) is 31.4 Å². The lowest BCUT2D eigenvalue weighted by Gasteiger charge is -2.17. The molecule has 0 saturated heterocycles. The molecule has 5 nitrogen and oxygen atoms in total. The van der Waals surface area contributed by atoms with Gasteiger partial charge in [-0.15, -0.1) is 0 Å². The lowest BCUT2D eigenvalue weighted by Crippen LogP contribution is -2.28. The summed E-state index contributed by atoms with van der Waals surface area (Å²) < 4.78 is 25.8. The Labute approximate surface area is 124 Å². The molecule has 0 spiro atoms. The molecule has 0 heterocycles. The molecule has 1 rings (SSSR count). The Morgan fingerprint density at radius 3 is 2.55 bits per heavy atom. The lowest BCUT2D eigenvalue weighted by molar-refractivity contribution is 0.0697. The van der Waals surface area contributed by atoms with E-state index in [0.717, 1.165) is 25.3 Å². The van der Waals surface area contributed by atoms with Crippen LogP contribution in [0.5, 0.6) is 0 Å². The van der Waals surface area contributed by atoms with Crippen LogP contribution in [0.3, 0.4) is 0 Å². The maximum atomic E-state index is 12.3. The summed E-state index contributed by atoms with van der Waals surface area (Å²) in [4.78, 5) is 10.9. The Balaban J connectivity index is 3.03. The lowest BCUT2D eigenvalue weighted by atomic mass is 10.2. The van der Waals surface area contributed by atoms with Crippen LogP contribution in [0.4, 0.5) is 0 Å². The van der Waals surface area contributed by atoms with E-state index < -0.39 is 16.0 Å². The molecule has 1 N–H and O–H groups in total. The van der Waals surface area contributed by atoms with Gasteiger partial charge in [0.05, 0.1) is 15.5 Å². The summed E-state index contributed by atoms with van der Waals surface area (Å²) in [7, 11) is -2.19. The maximum absolute atomic E-state index is 12.3. The second-order valence-corrected chi connectivity index (χ2v) is 6.93. The molecule has 0 aliphatic heterocycles. The van der Waals surface area contributed by atoms with Crippen molar-refractivity contribution in [3.05, 3.63) is 28.8 Å². The number of nitrogens with zero attached hydrogens (tertiary/aromatic N) is 1. The first-order chi connectivity index (χ1) is 9.30. The highest BCUT2D eigenvalue weighted by Gasteiger charge is 2.22. The molecule has 0 bridgehead atoms. The van der Waals surface area contributed by atoms with Gasteiger partial charge in [-0.25, -0.2) is 17.5 Å². The Morgan fingerprint density at radius 2 is 2.00 bits per heavy atom. The zero-order chi connectivity index (χ0) is 15.3. The number of carbonyl (C=O) groups is 1. The zero-order valence-electron chi connectivity index (χ0n) is 11.5. The maximum Gasteiger partial charge on any atom is 0.337 e. The van der Waals surface area contributed by atoms with Gasteiger partial charge in [0.2, 0.25) is 10.0 Å². The molecular weight excluding hydrogens is 302 g/mol. The number of benzene rings is 1. The van der Waals surface area contributed by atoms with Gasteiger partial charge in [0.15, 0.2) is 0 Å². The summed E-state index contributed by atoms with van der Waals surface area (Å²) in [6.07, 6.45) is 2.71. The normalized spacial score (nSPS) is 11.8. The van der Waals surface area contributed by atoms with E-state index in [1.54, 1.807) is 0 Å². The molecule has 20 heavy (non-hydrogen) atoms. The number of sulfonamides is 1. The van der Waals surface area contributed by atoms with Crippen LogP contribution >= 0.6 is 11.6 Å². The topological polar surface area (TPSA) is 74.7 Å². The molecule has 0 unspecified atom stereocenters. The number of carboxylic acids is 1. The smallest absolute Gasteiger partial charge is 0.337 e. The van der Waals surface area contributed by atoms with Crippen molar-refractivity contribution in [3.63, 3.8) is 0 Å². The highest BCUT2D eigenvalue weighted by atomic mass is 35.5. The summed E-state index contributed by atoms with van der Waals surface area (Å²) in [6.45, 7) is 2.44. The van der Waals surface area contributed by atoms with Crippen molar-refractivity contribution in [1.82, 2.24) is 4.31 Å². The first kappa shape index (κ1) is 16.9. The minimum Gasteiger partial charge on any atom is -0.478 e. The van der Waals surface area contributed by atoms with Gasteiger partial charge >= 0.3 is 5.97 Å². The number of hydrogen-bond acceptors (Lipinski definition) is 3. The van der Waals surface area contributed by atoms with E-state index in [9.17, 15) is 13.2 Å². The Hall–Kier alpha value is -1.11. The van der Waals surface area contributed by atoms with Crippen molar-refractivity contribution >= 4 is 27.6 Å². The van der Waals surface area contributed by atoms with E-state index in [1.807, 2.05) is 6.92 Å². The summed E-state index contributed by atoms with van der Waals surface area (Å²) in [5, 5.41) is 8.99. The van der Waals surface area contributed by atoms with Crippen LogP contribution < -0.4 is 0 Å². The number of aromatic carboxylic acids is 1. The van der Waals surface area contributed by atoms with Crippen LogP contribution in [0.25, 0.3) is 0 Å². The molecule has 1 aromatic rings. The van der Waals surface area contributed by atoms with E-state index >= 15 is 0 Å². The van der Waals surface area contributed by atoms with Crippen molar-refractivity contribution in [1.29, 1.82) is 0 Å². The van der Waals surface area contributed by atoms with E-state index in [1.165, 1.54) is 23.5 Å². The molecule has 0 aliphatic carbocycles.